The van der Waals surface area contributed by atoms with Crippen LogP contribution in [0.4, 0.5) is 0 Å². The highest BCUT2D eigenvalue weighted by atomic mass is 16.4. The zero-order chi connectivity index (χ0) is 10.6. The van der Waals surface area contributed by atoms with Crippen LogP contribution in [0, 0.1) is 0 Å². The molecule has 0 aliphatic rings. The van der Waals surface area contributed by atoms with Crippen LogP contribution in [0.15, 0.2) is 18.3 Å². The topological polar surface area (TPSA) is 82.2 Å². The number of carboxylic acid groups (broad SMARTS) is 1. The fourth-order valence-electron chi connectivity index (χ4n) is 1.09. The number of aromatic amines is 1. The molecule has 0 saturated carbocycles. The molecule has 5 heteroatoms. The molecule has 0 spiro atoms. The summed E-state index contributed by atoms with van der Waals surface area (Å²) in [5.41, 5.74) is 0.433. The van der Waals surface area contributed by atoms with Gasteiger partial charge in [-0.3, -0.25) is 9.59 Å². The summed E-state index contributed by atoms with van der Waals surface area (Å²) in [6.07, 6.45) is 1.56. The average molecular weight is 196 g/mol. The van der Waals surface area contributed by atoms with Crippen molar-refractivity contribution in [2.75, 3.05) is 0 Å². The number of hydrogen-bond donors (Lipinski definition) is 3. The Hall–Kier alpha value is -1.78. The molecule has 1 atom stereocenters. The van der Waals surface area contributed by atoms with Gasteiger partial charge in [0.1, 0.15) is 5.69 Å². The summed E-state index contributed by atoms with van der Waals surface area (Å²) in [5, 5.41) is 11.0. The second-order valence-corrected chi connectivity index (χ2v) is 3.06. The molecule has 1 unspecified atom stereocenters. The van der Waals surface area contributed by atoms with Crippen molar-refractivity contribution in [3.8, 4) is 0 Å². The number of carbonyl (C=O) groups is 2. The molecule has 1 amide bonds. The molecule has 1 aromatic rings. The summed E-state index contributed by atoms with van der Waals surface area (Å²) in [5.74, 6) is -1.21. The second-order valence-electron chi connectivity index (χ2n) is 3.06. The molecule has 0 saturated heterocycles. The molecule has 14 heavy (non-hydrogen) atoms. The summed E-state index contributed by atoms with van der Waals surface area (Å²) in [4.78, 5) is 24.4. The normalized spacial score (nSPS) is 12.1. The number of H-pyrrole nitrogens is 1. The maximum Gasteiger partial charge on any atom is 0.305 e. The fraction of sp³-hybridized carbons (Fsp3) is 0.333. The lowest BCUT2D eigenvalue weighted by Crippen LogP contribution is -2.34. The van der Waals surface area contributed by atoms with Gasteiger partial charge in [0, 0.05) is 12.2 Å². The highest BCUT2D eigenvalue weighted by Crippen LogP contribution is 1.97. The highest BCUT2D eigenvalue weighted by Gasteiger charge is 2.12. The van der Waals surface area contributed by atoms with Crippen LogP contribution in [0.3, 0.4) is 0 Å². The van der Waals surface area contributed by atoms with E-state index in [-0.39, 0.29) is 18.4 Å². The second kappa shape index (κ2) is 4.45. The van der Waals surface area contributed by atoms with E-state index in [0.717, 1.165) is 0 Å². The third kappa shape index (κ3) is 2.93. The number of rotatable bonds is 4. The average Bonchev–Trinajstić information content (AvgIpc) is 2.53. The molecule has 76 valence electrons. The third-order valence-electron chi connectivity index (χ3n) is 1.70. The molecule has 5 nitrogen and oxygen atoms in total. The molecule has 0 aromatic carbocycles. The monoisotopic (exact) mass is 196 g/mol. The smallest absolute Gasteiger partial charge is 0.305 e. The van der Waals surface area contributed by atoms with Crippen LogP contribution in [-0.4, -0.2) is 28.0 Å². The van der Waals surface area contributed by atoms with Gasteiger partial charge in [0.25, 0.3) is 5.91 Å². The van der Waals surface area contributed by atoms with Gasteiger partial charge in [-0.05, 0) is 19.1 Å². The van der Waals surface area contributed by atoms with Crippen molar-refractivity contribution in [3.05, 3.63) is 24.0 Å². The first kappa shape index (κ1) is 10.3. The summed E-state index contributed by atoms with van der Waals surface area (Å²) in [6, 6.07) is 2.96. The molecule has 1 heterocycles. The van der Waals surface area contributed by atoms with Gasteiger partial charge in [-0.15, -0.1) is 0 Å². The van der Waals surface area contributed by atoms with Crippen molar-refractivity contribution >= 4 is 11.9 Å². The number of nitrogens with one attached hydrogen (secondary N) is 2. The Bertz CT molecular complexity index is 319. The van der Waals surface area contributed by atoms with Gasteiger partial charge in [-0.1, -0.05) is 0 Å². The lowest BCUT2D eigenvalue weighted by Gasteiger charge is -2.10. The van der Waals surface area contributed by atoms with Gasteiger partial charge in [-0.25, -0.2) is 0 Å². The highest BCUT2D eigenvalue weighted by molar-refractivity contribution is 5.92. The molecule has 1 rings (SSSR count). The zero-order valence-electron chi connectivity index (χ0n) is 7.78. The SMILES string of the molecule is CC(CC(=O)O)NC(=O)c1ccc[nH]1. The van der Waals surface area contributed by atoms with Gasteiger partial charge in [-0.2, -0.15) is 0 Å². The van der Waals surface area contributed by atoms with E-state index in [1.807, 2.05) is 0 Å². The zero-order valence-corrected chi connectivity index (χ0v) is 7.78. The standard InChI is InChI=1S/C9H12N2O3/c1-6(5-8(12)13)11-9(14)7-3-2-4-10-7/h2-4,6,10H,5H2,1H3,(H,11,14)(H,12,13). The van der Waals surface area contributed by atoms with E-state index in [2.05, 4.69) is 10.3 Å². The largest absolute Gasteiger partial charge is 0.481 e. The lowest BCUT2D eigenvalue weighted by atomic mass is 10.2. The first-order valence-corrected chi connectivity index (χ1v) is 4.25. The molecule has 0 bridgehead atoms. The van der Waals surface area contributed by atoms with E-state index in [9.17, 15) is 9.59 Å². The van der Waals surface area contributed by atoms with E-state index in [1.165, 1.54) is 0 Å². The van der Waals surface area contributed by atoms with E-state index in [1.54, 1.807) is 25.3 Å². The van der Waals surface area contributed by atoms with Crippen molar-refractivity contribution in [1.29, 1.82) is 0 Å². The number of carbonyl (C=O) groups excluding carboxylic acids is 1. The number of amides is 1. The van der Waals surface area contributed by atoms with Crippen molar-refractivity contribution in [2.24, 2.45) is 0 Å². The molecule has 0 aliphatic carbocycles. The van der Waals surface area contributed by atoms with E-state index >= 15 is 0 Å². The summed E-state index contributed by atoms with van der Waals surface area (Å²) in [6.45, 7) is 1.65. The molecular weight excluding hydrogens is 184 g/mol. The Labute approximate surface area is 81.1 Å². The quantitative estimate of drug-likeness (QED) is 0.659. The van der Waals surface area contributed by atoms with Crippen LogP contribution in [0.1, 0.15) is 23.8 Å². The van der Waals surface area contributed by atoms with E-state index in [4.69, 9.17) is 5.11 Å². The first-order valence-electron chi connectivity index (χ1n) is 4.25. The summed E-state index contributed by atoms with van der Waals surface area (Å²) < 4.78 is 0. The third-order valence-corrected chi connectivity index (χ3v) is 1.70. The first-order chi connectivity index (χ1) is 6.59. The van der Waals surface area contributed by atoms with E-state index < -0.39 is 5.97 Å². The molecular formula is C9H12N2O3. The molecule has 3 N–H and O–H groups in total. The van der Waals surface area contributed by atoms with Crippen molar-refractivity contribution in [1.82, 2.24) is 10.3 Å². The van der Waals surface area contributed by atoms with Crippen molar-refractivity contribution in [2.45, 2.75) is 19.4 Å². The molecule has 0 radical (unpaired) electrons. The van der Waals surface area contributed by atoms with Gasteiger partial charge in [0.2, 0.25) is 0 Å². The van der Waals surface area contributed by atoms with Gasteiger partial charge >= 0.3 is 5.97 Å². The minimum Gasteiger partial charge on any atom is -0.481 e. The molecule has 0 fully saturated rings. The fourth-order valence-corrected chi connectivity index (χ4v) is 1.09. The number of aromatic nitrogens is 1. The van der Waals surface area contributed by atoms with Crippen LogP contribution >= 0.6 is 0 Å². The Kier molecular flexibility index (Phi) is 3.28. The maximum absolute atomic E-state index is 11.4. The number of carboxylic acids is 1. The van der Waals surface area contributed by atoms with Crippen LogP contribution < -0.4 is 5.32 Å². The Morgan fingerprint density at radius 3 is 2.86 bits per heavy atom. The minimum atomic E-state index is -0.927. The summed E-state index contributed by atoms with van der Waals surface area (Å²) >= 11 is 0. The van der Waals surface area contributed by atoms with Gasteiger partial charge < -0.3 is 15.4 Å². The van der Waals surface area contributed by atoms with Gasteiger partial charge in [0.05, 0.1) is 6.42 Å². The maximum atomic E-state index is 11.4. The van der Waals surface area contributed by atoms with Crippen molar-refractivity contribution in [3.63, 3.8) is 0 Å². The van der Waals surface area contributed by atoms with Crippen LogP contribution in [0.2, 0.25) is 0 Å². The van der Waals surface area contributed by atoms with Crippen LogP contribution in [0.5, 0.6) is 0 Å². The predicted molar refractivity (Wildman–Crippen MR) is 50.0 cm³/mol. The van der Waals surface area contributed by atoms with Crippen LogP contribution in [0.25, 0.3) is 0 Å². The van der Waals surface area contributed by atoms with Crippen molar-refractivity contribution < 1.29 is 14.7 Å². The Morgan fingerprint density at radius 1 is 1.64 bits per heavy atom. The number of hydrogen-bond acceptors (Lipinski definition) is 2. The Balaban J connectivity index is 2.45. The molecule has 0 aliphatic heterocycles. The van der Waals surface area contributed by atoms with Crippen LogP contribution in [-0.2, 0) is 4.79 Å². The van der Waals surface area contributed by atoms with E-state index in [0.29, 0.717) is 5.69 Å². The summed E-state index contributed by atoms with van der Waals surface area (Å²) in [7, 11) is 0. The Morgan fingerprint density at radius 2 is 2.36 bits per heavy atom. The van der Waals surface area contributed by atoms with Gasteiger partial charge in [0.15, 0.2) is 0 Å². The number of aliphatic carboxylic acids is 1. The molecule has 1 aromatic heterocycles. The minimum absolute atomic E-state index is 0.0769. The lowest BCUT2D eigenvalue weighted by molar-refractivity contribution is -0.137. The predicted octanol–water partition coefficient (Wildman–Crippen LogP) is 0.608.